The van der Waals surface area contributed by atoms with Crippen molar-refractivity contribution in [2.75, 3.05) is 0 Å². The average molecular weight is 429 g/mol. The third kappa shape index (κ3) is 2.44. The van der Waals surface area contributed by atoms with Crippen LogP contribution in [0.3, 0.4) is 0 Å². The molecule has 0 bridgehead atoms. The van der Waals surface area contributed by atoms with Gasteiger partial charge in [0.05, 0.1) is 23.1 Å². The third-order valence-electron chi connectivity index (χ3n) is 5.36. The number of aromatic nitrogens is 2. The molecule has 26 heavy (non-hydrogen) atoms. The van der Waals surface area contributed by atoms with Crippen molar-refractivity contribution in [3.05, 3.63) is 73.3 Å². The number of imidazole rings is 1. The SMILES string of the molecule is [N-]=[N+]=NC1C[C@H](c2c(Br)cccc2C2CC2)n2c1nc1ccc(Cl)cc12. The largest absolute Gasteiger partial charge is 0.320 e. The van der Waals surface area contributed by atoms with Gasteiger partial charge in [0.15, 0.2) is 0 Å². The number of nitrogens with zero attached hydrogens (tertiary/aromatic N) is 5. The van der Waals surface area contributed by atoms with Crippen LogP contribution in [0.1, 0.15) is 54.2 Å². The summed E-state index contributed by atoms with van der Waals surface area (Å²) in [5.74, 6) is 1.45. The second-order valence-electron chi connectivity index (χ2n) is 6.96. The smallest absolute Gasteiger partial charge is 0.119 e. The minimum Gasteiger partial charge on any atom is -0.320 e. The topological polar surface area (TPSA) is 66.6 Å². The number of halogens is 2. The van der Waals surface area contributed by atoms with E-state index in [9.17, 15) is 0 Å². The van der Waals surface area contributed by atoms with Crippen molar-refractivity contribution in [2.45, 2.75) is 37.3 Å². The second kappa shape index (κ2) is 6.02. The van der Waals surface area contributed by atoms with Crippen molar-refractivity contribution in [3.63, 3.8) is 0 Å². The van der Waals surface area contributed by atoms with Gasteiger partial charge in [0.1, 0.15) is 5.82 Å². The molecule has 1 aromatic heterocycles. The normalized spacial score (nSPS) is 21.6. The highest BCUT2D eigenvalue weighted by Crippen LogP contribution is 2.50. The molecule has 0 radical (unpaired) electrons. The number of hydrogen-bond donors (Lipinski definition) is 0. The number of benzene rings is 2. The molecule has 0 N–H and O–H groups in total. The molecule has 0 amide bonds. The van der Waals surface area contributed by atoms with Gasteiger partial charge in [-0.25, -0.2) is 4.98 Å². The van der Waals surface area contributed by atoms with Gasteiger partial charge in [-0.1, -0.05) is 44.8 Å². The summed E-state index contributed by atoms with van der Waals surface area (Å²) in [7, 11) is 0. The Kier molecular flexibility index (Phi) is 3.74. The Morgan fingerprint density at radius 2 is 2.12 bits per heavy atom. The van der Waals surface area contributed by atoms with Crippen LogP contribution in [-0.2, 0) is 0 Å². The first-order valence-corrected chi connectivity index (χ1v) is 9.84. The van der Waals surface area contributed by atoms with E-state index in [0.29, 0.717) is 10.9 Å². The summed E-state index contributed by atoms with van der Waals surface area (Å²) >= 11 is 10.0. The molecule has 2 heterocycles. The number of rotatable bonds is 3. The van der Waals surface area contributed by atoms with Crippen LogP contribution < -0.4 is 0 Å². The molecule has 7 heteroatoms. The Labute approximate surface area is 163 Å². The van der Waals surface area contributed by atoms with Crippen molar-refractivity contribution in [1.82, 2.24) is 9.55 Å². The molecule has 5 nitrogen and oxygen atoms in total. The molecule has 1 unspecified atom stereocenters. The molecular weight excluding hydrogens is 414 g/mol. The lowest BCUT2D eigenvalue weighted by Gasteiger charge is -2.20. The van der Waals surface area contributed by atoms with Crippen LogP contribution in [0.15, 0.2) is 46.0 Å². The highest BCUT2D eigenvalue weighted by atomic mass is 79.9. The maximum Gasteiger partial charge on any atom is 0.119 e. The fourth-order valence-electron chi connectivity index (χ4n) is 4.13. The minimum absolute atomic E-state index is 0.0788. The van der Waals surface area contributed by atoms with E-state index in [0.717, 1.165) is 27.8 Å². The van der Waals surface area contributed by atoms with E-state index >= 15 is 0 Å². The maximum atomic E-state index is 9.03. The first-order chi connectivity index (χ1) is 12.7. The van der Waals surface area contributed by atoms with E-state index in [2.05, 4.69) is 48.7 Å². The molecule has 1 aliphatic heterocycles. The summed E-state index contributed by atoms with van der Waals surface area (Å²) in [6.45, 7) is 0. The van der Waals surface area contributed by atoms with Crippen LogP contribution in [0.2, 0.25) is 5.02 Å². The molecule has 130 valence electrons. The highest BCUT2D eigenvalue weighted by molar-refractivity contribution is 9.10. The summed E-state index contributed by atoms with van der Waals surface area (Å²) < 4.78 is 3.32. The van der Waals surface area contributed by atoms with Crippen LogP contribution >= 0.6 is 27.5 Å². The molecule has 1 fully saturated rings. The van der Waals surface area contributed by atoms with E-state index in [1.165, 1.54) is 24.0 Å². The van der Waals surface area contributed by atoms with Crippen molar-refractivity contribution < 1.29 is 0 Å². The van der Waals surface area contributed by atoms with Crippen molar-refractivity contribution in [2.24, 2.45) is 5.11 Å². The van der Waals surface area contributed by atoms with E-state index in [1.54, 1.807) is 0 Å². The monoisotopic (exact) mass is 427 g/mol. The van der Waals surface area contributed by atoms with Gasteiger partial charge >= 0.3 is 0 Å². The molecule has 0 spiro atoms. The Hall–Kier alpha value is -2.01. The third-order valence-corrected chi connectivity index (χ3v) is 6.29. The molecule has 1 saturated carbocycles. The van der Waals surface area contributed by atoms with Crippen molar-refractivity contribution in [3.8, 4) is 0 Å². The zero-order chi connectivity index (χ0) is 17.8. The summed E-state index contributed by atoms with van der Waals surface area (Å²) in [5, 5.41) is 4.71. The van der Waals surface area contributed by atoms with Crippen LogP contribution in [0.5, 0.6) is 0 Å². The highest BCUT2D eigenvalue weighted by Gasteiger charge is 2.38. The van der Waals surface area contributed by atoms with E-state index in [-0.39, 0.29) is 12.1 Å². The Bertz CT molecular complexity index is 1080. The van der Waals surface area contributed by atoms with Crippen LogP contribution in [0, 0.1) is 0 Å². The van der Waals surface area contributed by atoms with Crippen LogP contribution in [0.25, 0.3) is 21.5 Å². The number of hydrogen-bond acceptors (Lipinski definition) is 2. The predicted molar refractivity (Wildman–Crippen MR) is 106 cm³/mol. The molecule has 2 aromatic carbocycles. The Morgan fingerprint density at radius 1 is 1.27 bits per heavy atom. The van der Waals surface area contributed by atoms with E-state index in [1.807, 2.05) is 18.2 Å². The molecule has 2 aliphatic rings. The predicted octanol–water partition coefficient (Wildman–Crippen LogP) is 6.67. The van der Waals surface area contributed by atoms with Gasteiger partial charge in [0.25, 0.3) is 0 Å². The van der Waals surface area contributed by atoms with Gasteiger partial charge in [0, 0.05) is 14.4 Å². The standard InChI is InChI=1S/C19H15BrClN5/c20-13-3-1-2-12(10-4-5-10)18(13)17-9-15(24-25-22)19-23-14-7-6-11(21)8-16(14)26(17)19/h1-3,6-8,10,15,17H,4-5,9H2/t15?,17-/m1/s1. The van der Waals surface area contributed by atoms with Crippen molar-refractivity contribution >= 4 is 38.6 Å². The zero-order valence-corrected chi connectivity index (χ0v) is 16.2. The second-order valence-corrected chi connectivity index (χ2v) is 8.25. The van der Waals surface area contributed by atoms with Crippen LogP contribution in [-0.4, -0.2) is 9.55 Å². The lowest BCUT2D eigenvalue weighted by atomic mass is 9.94. The maximum absolute atomic E-state index is 9.03. The summed E-state index contributed by atoms with van der Waals surface area (Å²) in [4.78, 5) is 7.81. The number of fused-ring (bicyclic) bond motifs is 3. The Balaban J connectivity index is 1.77. The molecule has 0 saturated heterocycles. The lowest BCUT2D eigenvalue weighted by Crippen LogP contribution is -2.09. The Morgan fingerprint density at radius 3 is 2.88 bits per heavy atom. The first-order valence-electron chi connectivity index (χ1n) is 8.67. The average Bonchev–Trinajstić information content (AvgIpc) is 3.32. The van der Waals surface area contributed by atoms with Gasteiger partial charge in [-0.2, -0.15) is 0 Å². The lowest BCUT2D eigenvalue weighted by molar-refractivity contribution is 0.590. The van der Waals surface area contributed by atoms with Gasteiger partial charge in [0.2, 0.25) is 0 Å². The zero-order valence-electron chi connectivity index (χ0n) is 13.8. The summed E-state index contributed by atoms with van der Waals surface area (Å²) in [5.41, 5.74) is 13.6. The van der Waals surface area contributed by atoms with Gasteiger partial charge < -0.3 is 4.57 Å². The molecule has 1 aliphatic carbocycles. The summed E-state index contributed by atoms with van der Waals surface area (Å²) in [6.07, 6.45) is 3.19. The molecule has 3 aromatic rings. The van der Waals surface area contributed by atoms with Crippen LogP contribution in [0.4, 0.5) is 0 Å². The fourth-order valence-corrected chi connectivity index (χ4v) is 4.95. The van der Waals surface area contributed by atoms with Crippen molar-refractivity contribution in [1.29, 1.82) is 0 Å². The number of azide groups is 1. The first kappa shape index (κ1) is 16.2. The molecular formula is C19H15BrClN5. The fraction of sp³-hybridized carbons (Fsp3) is 0.316. The van der Waals surface area contributed by atoms with E-state index in [4.69, 9.17) is 22.1 Å². The molecule has 2 atom stereocenters. The van der Waals surface area contributed by atoms with Gasteiger partial charge in [-0.3, -0.25) is 0 Å². The van der Waals surface area contributed by atoms with Gasteiger partial charge in [-0.05, 0) is 66.1 Å². The minimum atomic E-state index is -0.268. The quantitative estimate of drug-likeness (QED) is 0.261. The molecule has 5 rings (SSSR count). The van der Waals surface area contributed by atoms with Gasteiger partial charge in [-0.15, -0.1) is 0 Å². The van der Waals surface area contributed by atoms with E-state index < -0.39 is 0 Å². The summed E-state index contributed by atoms with van der Waals surface area (Å²) in [6, 6.07) is 12.0.